The average molecular weight is 299 g/mol. The molecule has 6 heteroatoms. The van der Waals surface area contributed by atoms with Crippen molar-refractivity contribution >= 4 is 5.91 Å². The molecule has 4 unspecified atom stereocenters. The Morgan fingerprint density at radius 1 is 1.29 bits per heavy atom. The quantitative estimate of drug-likeness (QED) is 0.747. The summed E-state index contributed by atoms with van der Waals surface area (Å²) in [5, 5.41) is 0. The van der Waals surface area contributed by atoms with E-state index in [2.05, 4.69) is 0 Å². The van der Waals surface area contributed by atoms with Gasteiger partial charge in [0.25, 0.3) is 5.91 Å². The van der Waals surface area contributed by atoms with Gasteiger partial charge in [-0.3, -0.25) is 4.79 Å². The lowest BCUT2D eigenvalue weighted by molar-refractivity contribution is -0.191. The zero-order valence-electron chi connectivity index (χ0n) is 13.1. The van der Waals surface area contributed by atoms with E-state index in [1.165, 1.54) is 0 Å². The van der Waals surface area contributed by atoms with Crippen LogP contribution in [0, 0.1) is 0 Å². The maximum atomic E-state index is 13.0. The van der Waals surface area contributed by atoms with E-state index in [4.69, 9.17) is 18.9 Å². The van der Waals surface area contributed by atoms with Crippen LogP contribution in [0.15, 0.2) is 0 Å². The van der Waals surface area contributed by atoms with Gasteiger partial charge in [-0.15, -0.1) is 0 Å². The molecule has 0 aromatic carbocycles. The first-order chi connectivity index (χ1) is 10.0. The summed E-state index contributed by atoms with van der Waals surface area (Å²) in [5.74, 6) is 0.0242. The SMILES string of the molecule is COC1(C(=O)N2CC(C)OC3(CCOC3C)C2)CCOC1. The first-order valence-corrected chi connectivity index (χ1v) is 7.73. The molecule has 3 aliphatic rings. The Morgan fingerprint density at radius 3 is 2.67 bits per heavy atom. The van der Waals surface area contributed by atoms with Crippen molar-refractivity contribution in [3.05, 3.63) is 0 Å². The second kappa shape index (κ2) is 5.50. The Balaban J connectivity index is 1.79. The Labute approximate surface area is 125 Å². The molecule has 3 aliphatic heterocycles. The molecule has 21 heavy (non-hydrogen) atoms. The van der Waals surface area contributed by atoms with Gasteiger partial charge < -0.3 is 23.8 Å². The van der Waals surface area contributed by atoms with Crippen molar-refractivity contribution in [3.8, 4) is 0 Å². The lowest BCUT2D eigenvalue weighted by Gasteiger charge is -2.46. The van der Waals surface area contributed by atoms with Crippen LogP contribution in [-0.4, -0.2) is 74.2 Å². The number of nitrogens with zero attached hydrogens (tertiary/aromatic N) is 1. The predicted octanol–water partition coefficient (Wildman–Crippen LogP) is 0.587. The molecule has 1 spiro atoms. The second-order valence-corrected chi connectivity index (χ2v) is 6.44. The van der Waals surface area contributed by atoms with Crippen LogP contribution in [0.25, 0.3) is 0 Å². The van der Waals surface area contributed by atoms with Gasteiger partial charge in [-0.1, -0.05) is 0 Å². The Morgan fingerprint density at radius 2 is 2.10 bits per heavy atom. The number of amides is 1. The van der Waals surface area contributed by atoms with Crippen molar-refractivity contribution in [1.82, 2.24) is 4.90 Å². The minimum atomic E-state index is -0.819. The van der Waals surface area contributed by atoms with E-state index in [0.29, 0.717) is 39.3 Å². The van der Waals surface area contributed by atoms with Gasteiger partial charge >= 0.3 is 0 Å². The average Bonchev–Trinajstić information content (AvgIpc) is 3.07. The van der Waals surface area contributed by atoms with Crippen LogP contribution in [0.1, 0.15) is 26.7 Å². The molecule has 0 aromatic rings. The molecular weight excluding hydrogens is 274 g/mol. The monoisotopic (exact) mass is 299 g/mol. The van der Waals surface area contributed by atoms with Crippen molar-refractivity contribution in [1.29, 1.82) is 0 Å². The van der Waals surface area contributed by atoms with Crippen LogP contribution >= 0.6 is 0 Å². The van der Waals surface area contributed by atoms with Crippen molar-refractivity contribution < 1.29 is 23.7 Å². The third-order valence-corrected chi connectivity index (χ3v) is 5.06. The van der Waals surface area contributed by atoms with E-state index >= 15 is 0 Å². The number of morpholine rings is 1. The summed E-state index contributed by atoms with van der Waals surface area (Å²) < 4.78 is 22.8. The Kier molecular flexibility index (Phi) is 3.98. The van der Waals surface area contributed by atoms with Crippen molar-refractivity contribution in [2.45, 2.75) is 50.1 Å². The van der Waals surface area contributed by atoms with Crippen LogP contribution in [0.4, 0.5) is 0 Å². The van der Waals surface area contributed by atoms with Crippen LogP contribution in [0.5, 0.6) is 0 Å². The second-order valence-electron chi connectivity index (χ2n) is 6.44. The zero-order valence-corrected chi connectivity index (χ0v) is 13.1. The molecule has 6 nitrogen and oxygen atoms in total. The summed E-state index contributed by atoms with van der Waals surface area (Å²) in [4.78, 5) is 14.9. The molecule has 0 bridgehead atoms. The van der Waals surface area contributed by atoms with Gasteiger partial charge in [0.2, 0.25) is 0 Å². The molecule has 1 amide bonds. The number of ether oxygens (including phenoxy) is 4. The van der Waals surface area contributed by atoms with E-state index in [0.717, 1.165) is 6.42 Å². The number of rotatable bonds is 2. The molecule has 0 aliphatic carbocycles. The highest BCUT2D eigenvalue weighted by atomic mass is 16.6. The maximum Gasteiger partial charge on any atom is 0.257 e. The van der Waals surface area contributed by atoms with Crippen LogP contribution in [0.3, 0.4) is 0 Å². The molecule has 0 radical (unpaired) electrons. The van der Waals surface area contributed by atoms with Crippen molar-refractivity contribution in [2.75, 3.05) is 40.0 Å². The summed E-state index contributed by atoms with van der Waals surface area (Å²) in [7, 11) is 1.59. The first-order valence-electron chi connectivity index (χ1n) is 7.73. The van der Waals surface area contributed by atoms with Gasteiger partial charge in [0, 0.05) is 33.1 Å². The fraction of sp³-hybridized carbons (Fsp3) is 0.933. The first kappa shape index (κ1) is 15.2. The molecule has 3 heterocycles. The van der Waals surface area contributed by atoms with Gasteiger partial charge in [0.15, 0.2) is 5.60 Å². The van der Waals surface area contributed by atoms with Crippen molar-refractivity contribution in [3.63, 3.8) is 0 Å². The fourth-order valence-corrected chi connectivity index (χ4v) is 3.71. The number of carbonyl (C=O) groups is 1. The molecule has 3 rings (SSSR count). The van der Waals surface area contributed by atoms with Crippen molar-refractivity contribution in [2.24, 2.45) is 0 Å². The molecule has 0 aromatic heterocycles. The zero-order chi connectivity index (χ0) is 15.1. The number of hydrogen-bond acceptors (Lipinski definition) is 5. The van der Waals surface area contributed by atoms with Gasteiger partial charge in [0.05, 0.1) is 32.0 Å². The van der Waals surface area contributed by atoms with Crippen LogP contribution in [0.2, 0.25) is 0 Å². The third-order valence-electron chi connectivity index (χ3n) is 5.06. The number of methoxy groups -OCH3 is 1. The van der Waals surface area contributed by atoms with Gasteiger partial charge in [-0.25, -0.2) is 0 Å². The Hall–Kier alpha value is -0.690. The smallest absolute Gasteiger partial charge is 0.257 e. The number of hydrogen-bond donors (Lipinski definition) is 0. The van der Waals surface area contributed by atoms with E-state index in [1.807, 2.05) is 18.7 Å². The minimum absolute atomic E-state index is 0.00285. The molecule has 0 saturated carbocycles. The third kappa shape index (κ3) is 2.48. The molecule has 0 N–H and O–H groups in total. The Bertz CT molecular complexity index is 409. The molecular formula is C15H25NO5. The summed E-state index contributed by atoms with van der Waals surface area (Å²) >= 11 is 0. The molecule has 3 fully saturated rings. The van der Waals surface area contributed by atoms with E-state index in [9.17, 15) is 4.79 Å². The highest BCUT2D eigenvalue weighted by Crippen LogP contribution is 2.36. The number of carbonyl (C=O) groups excluding carboxylic acids is 1. The molecule has 3 saturated heterocycles. The highest BCUT2D eigenvalue weighted by molar-refractivity contribution is 5.86. The predicted molar refractivity (Wildman–Crippen MR) is 75.1 cm³/mol. The standard InChI is InChI=1S/C15H25NO5/c1-11-8-16(9-14(21-11)5-7-20-12(14)2)13(17)15(18-3)4-6-19-10-15/h11-12H,4-10H2,1-3H3. The summed E-state index contributed by atoms with van der Waals surface area (Å²) in [6, 6.07) is 0. The lowest BCUT2D eigenvalue weighted by Crippen LogP contribution is -2.63. The summed E-state index contributed by atoms with van der Waals surface area (Å²) in [6.07, 6.45) is 1.46. The van der Waals surface area contributed by atoms with Gasteiger partial charge in [0.1, 0.15) is 5.60 Å². The van der Waals surface area contributed by atoms with E-state index in [-0.39, 0.29) is 23.7 Å². The molecule has 4 atom stereocenters. The van der Waals surface area contributed by atoms with Gasteiger partial charge in [-0.2, -0.15) is 0 Å². The van der Waals surface area contributed by atoms with E-state index < -0.39 is 5.60 Å². The van der Waals surface area contributed by atoms with Gasteiger partial charge in [-0.05, 0) is 13.8 Å². The largest absolute Gasteiger partial charge is 0.378 e. The summed E-state index contributed by atoms with van der Waals surface area (Å²) in [6.45, 7) is 6.81. The van der Waals surface area contributed by atoms with E-state index in [1.54, 1.807) is 7.11 Å². The highest BCUT2D eigenvalue weighted by Gasteiger charge is 2.52. The normalized spacial score (nSPS) is 43.7. The lowest BCUT2D eigenvalue weighted by atomic mass is 9.91. The maximum absolute atomic E-state index is 13.0. The van der Waals surface area contributed by atoms with Crippen LogP contribution < -0.4 is 0 Å². The summed E-state index contributed by atoms with van der Waals surface area (Å²) in [5.41, 5.74) is -1.19. The molecule has 120 valence electrons. The fourth-order valence-electron chi connectivity index (χ4n) is 3.71. The minimum Gasteiger partial charge on any atom is -0.378 e. The van der Waals surface area contributed by atoms with Crippen LogP contribution in [-0.2, 0) is 23.7 Å². The topological polar surface area (TPSA) is 57.2 Å².